The Hall–Kier alpha value is -1.85. The van der Waals surface area contributed by atoms with E-state index in [1.807, 2.05) is 0 Å². The maximum absolute atomic E-state index is 11.4. The van der Waals surface area contributed by atoms with E-state index in [9.17, 15) is 4.79 Å². The van der Waals surface area contributed by atoms with Crippen molar-refractivity contribution in [2.24, 2.45) is 0 Å². The zero-order chi connectivity index (χ0) is 14.8. The molecular weight excluding hydrogens is 256 g/mol. The van der Waals surface area contributed by atoms with Crippen LogP contribution in [0.1, 0.15) is 39.2 Å². The van der Waals surface area contributed by atoms with E-state index in [1.54, 1.807) is 6.92 Å². The van der Waals surface area contributed by atoms with Gasteiger partial charge >= 0.3 is 5.97 Å². The molecule has 0 atom stereocenters. The molecule has 1 aromatic rings. The van der Waals surface area contributed by atoms with Gasteiger partial charge < -0.3 is 15.4 Å². The number of nitrogens with one attached hydrogen (secondary N) is 2. The van der Waals surface area contributed by atoms with Crippen LogP contribution in [-0.4, -0.2) is 35.6 Å². The molecule has 0 bridgehead atoms. The van der Waals surface area contributed by atoms with Crippen molar-refractivity contribution in [1.82, 2.24) is 9.97 Å². The lowest BCUT2D eigenvalue weighted by molar-refractivity contribution is -0.140. The Labute approximate surface area is 120 Å². The van der Waals surface area contributed by atoms with Gasteiger partial charge in [0.1, 0.15) is 24.5 Å². The van der Waals surface area contributed by atoms with Gasteiger partial charge in [-0.15, -0.1) is 0 Å². The van der Waals surface area contributed by atoms with Crippen LogP contribution in [0, 0.1) is 0 Å². The highest BCUT2D eigenvalue weighted by Crippen LogP contribution is 2.21. The topological polar surface area (TPSA) is 76.1 Å². The number of esters is 1. The van der Waals surface area contributed by atoms with Gasteiger partial charge in [-0.05, 0) is 19.8 Å². The molecule has 0 fully saturated rings. The Morgan fingerprint density at radius 2 is 1.85 bits per heavy atom. The molecule has 112 valence electrons. The summed E-state index contributed by atoms with van der Waals surface area (Å²) >= 11 is 0. The minimum Gasteiger partial charge on any atom is -0.465 e. The fourth-order valence-corrected chi connectivity index (χ4v) is 1.82. The van der Waals surface area contributed by atoms with Crippen molar-refractivity contribution in [1.29, 1.82) is 0 Å². The summed E-state index contributed by atoms with van der Waals surface area (Å²) in [7, 11) is 0. The second kappa shape index (κ2) is 9.12. The van der Waals surface area contributed by atoms with Crippen molar-refractivity contribution in [2.75, 3.05) is 30.3 Å². The number of carbonyl (C=O) groups excluding carboxylic acids is 1. The molecule has 6 heteroatoms. The molecule has 0 aromatic carbocycles. The molecule has 1 aromatic heterocycles. The third-order valence-electron chi connectivity index (χ3n) is 2.69. The predicted molar refractivity (Wildman–Crippen MR) is 79.9 cm³/mol. The normalized spacial score (nSPS) is 10.2. The largest absolute Gasteiger partial charge is 0.465 e. The van der Waals surface area contributed by atoms with Crippen LogP contribution in [0.25, 0.3) is 0 Å². The maximum Gasteiger partial charge on any atom is 0.325 e. The second-order valence-electron chi connectivity index (χ2n) is 4.38. The van der Waals surface area contributed by atoms with Crippen molar-refractivity contribution in [3.05, 3.63) is 11.9 Å². The summed E-state index contributed by atoms with van der Waals surface area (Å²) in [6, 6.07) is 0. The highest BCUT2D eigenvalue weighted by Gasteiger charge is 2.11. The number of rotatable bonds is 9. The minimum atomic E-state index is -0.281. The number of anilines is 2. The van der Waals surface area contributed by atoms with Crippen molar-refractivity contribution in [3.63, 3.8) is 0 Å². The Bertz CT molecular complexity index is 424. The Kier molecular flexibility index (Phi) is 7.39. The van der Waals surface area contributed by atoms with Crippen LogP contribution < -0.4 is 10.6 Å². The highest BCUT2D eigenvalue weighted by molar-refractivity contribution is 5.75. The average molecular weight is 280 g/mol. The first kappa shape index (κ1) is 16.2. The molecule has 0 amide bonds. The third kappa shape index (κ3) is 5.03. The van der Waals surface area contributed by atoms with Gasteiger partial charge in [0, 0.05) is 12.1 Å². The number of carbonyl (C=O) groups is 1. The van der Waals surface area contributed by atoms with Crippen molar-refractivity contribution in [2.45, 2.75) is 40.0 Å². The van der Waals surface area contributed by atoms with Crippen LogP contribution in [0.2, 0.25) is 0 Å². The minimum absolute atomic E-state index is 0.120. The van der Waals surface area contributed by atoms with Gasteiger partial charge in [-0.3, -0.25) is 4.79 Å². The van der Waals surface area contributed by atoms with E-state index < -0.39 is 0 Å². The Balaban J connectivity index is 2.79. The van der Waals surface area contributed by atoms with Crippen LogP contribution in [-0.2, 0) is 16.0 Å². The molecule has 1 rings (SSSR count). The van der Waals surface area contributed by atoms with Gasteiger partial charge in [-0.25, -0.2) is 9.97 Å². The summed E-state index contributed by atoms with van der Waals surface area (Å²) in [5.74, 6) is 1.26. The van der Waals surface area contributed by atoms with E-state index in [-0.39, 0.29) is 12.5 Å². The molecule has 0 saturated heterocycles. The molecule has 1 heterocycles. The smallest absolute Gasteiger partial charge is 0.325 e. The Morgan fingerprint density at radius 3 is 2.45 bits per heavy atom. The lowest BCUT2D eigenvalue weighted by Gasteiger charge is -2.14. The first-order valence-corrected chi connectivity index (χ1v) is 7.20. The van der Waals surface area contributed by atoms with Crippen LogP contribution in [0.5, 0.6) is 0 Å². The maximum atomic E-state index is 11.4. The van der Waals surface area contributed by atoms with E-state index in [1.165, 1.54) is 6.33 Å². The number of hydrogen-bond donors (Lipinski definition) is 2. The Morgan fingerprint density at radius 1 is 1.15 bits per heavy atom. The molecule has 0 aliphatic heterocycles. The van der Waals surface area contributed by atoms with Gasteiger partial charge in [0.05, 0.1) is 6.61 Å². The molecule has 0 spiro atoms. The summed E-state index contributed by atoms with van der Waals surface area (Å²) < 4.78 is 4.90. The monoisotopic (exact) mass is 280 g/mol. The van der Waals surface area contributed by atoms with E-state index in [0.717, 1.165) is 37.2 Å². The number of nitrogens with zero attached hydrogens (tertiary/aromatic N) is 2. The summed E-state index contributed by atoms with van der Waals surface area (Å²) in [5.41, 5.74) is 1.02. The predicted octanol–water partition coefficient (Wildman–Crippen LogP) is 2.23. The average Bonchev–Trinajstić information content (AvgIpc) is 2.45. The molecule has 6 nitrogen and oxygen atoms in total. The first-order valence-electron chi connectivity index (χ1n) is 7.20. The highest BCUT2D eigenvalue weighted by atomic mass is 16.5. The van der Waals surface area contributed by atoms with E-state index in [2.05, 4.69) is 34.4 Å². The van der Waals surface area contributed by atoms with E-state index in [0.29, 0.717) is 12.4 Å². The van der Waals surface area contributed by atoms with Crippen LogP contribution >= 0.6 is 0 Å². The molecule has 20 heavy (non-hydrogen) atoms. The summed E-state index contributed by atoms with van der Waals surface area (Å²) in [6.45, 7) is 7.37. The SMILES string of the molecule is CCCNc1ncnc(NCC(=O)OCC)c1CCC. The standard InChI is InChI=1S/C14H24N4O2/c1-4-7-11-13(15-8-5-2)17-10-18-14(11)16-9-12(19)20-6-3/h10H,4-9H2,1-3H3,(H2,15,16,17,18). The van der Waals surface area contributed by atoms with Gasteiger partial charge in [0.25, 0.3) is 0 Å². The number of hydrogen-bond acceptors (Lipinski definition) is 6. The van der Waals surface area contributed by atoms with Crippen LogP contribution in [0.4, 0.5) is 11.6 Å². The van der Waals surface area contributed by atoms with Crippen molar-refractivity contribution in [3.8, 4) is 0 Å². The van der Waals surface area contributed by atoms with Gasteiger partial charge in [-0.1, -0.05) is 20.3 Å². The van der Waals surface area contributed by atoms with Crippen LogP contribution in [0.15, 0.2) is 6.33 Å². The lowest BCUT2D eigenvalue weighted by atomic mass is 10.1. The molecule has 0 aliphatic carbocycles. The van der Waals surface area contributed by atoms with E-state index >= 15 is 0 Å². The van der Waals surface area contributed by atoms with Crippen LogP contribution in [0.3, 0.4) is 0 Å². The molecule has 0 aliphatic rings. The summed E-state index contributed by atoms with van der Waals surface area (Å²) in [5, 5.41) is 6.33. The van der Waals surface area contributed by atoms with E-state index in [4.69, 9.17) is 4.74 Å². The molecule has 0 saturated carbocycles. The first-order chi connectivity index (χ1) is 9.72. The van der Waals surface area contributed by atoms with Gasteiger partial charge in [0.2, 0.25) is 0 Å². The quantitative estimate of drug-likeness (QED) is 0.676. The third-order valence-corrected chi connectivity index (χ3v) is 2.69. The molecule has 0 unspecified atom stereocenters. The van der Waals surface area contributed by atoms with Gasteiger partial charge in [-0.2, -0.15) is 0 Å². The summed E-state index contributed by atoms with van der Waals surface area (Å²) in [4.78, 5) is 19.9. The number of ether oxygens (including phenoxy) is 1. The molecule has 2 N–H and O–H groups in total. The molecular formula is C14H24N4O2. The zero-order valence-corrected chi connectivity index (χ0v) is 12.5. The number of aromatic nitrogens is 2. The van der Waals surface area contributed by atoms with Gasteiger partial charge in [0.15, 0.2) is 0 Å². The fourth-order valence-electron chi connectivity index (χ4n) is 1.82. The molecule has 0 radical (unpaired) electrons. The second-order valence-corrected chi connectivity index (χ2v) is 4.38. The van der Waals surface area contributed by atoms with Crippen molar-refractivity contribution >= 4 is 17.6 Å². The fraction of sp³-hybridized carbons (Fsp3) is 0.643. The van der Waals surface area contributed by atoms with Crippen molar-refractivity contribution < 1.29 is 9.53 Å². The summed E-state index contributed by atoms with van der Waals surface area (Å²) in [6.07, 6.45) is 4.38. The zero-order valence-electron chi connectivity index (χ0n) is 12.5. The lowest BCUT2D eigenvalue weighted by Crippen LogP contribution is -2.19.